The van der Waals surface area contributed by atoms with Crippen molar-refractivity contribution in [3.63, 3.8) is 0 Å². The van der Waals surface area contributed by atoms with Crippen molar-refractivity contribution in [1.82, 2.24) is 0 Å². The van der Waals surface area contributed by atoms with Crippen LogP contribution in [0.1, 0.15) is 36.5 Å². The number of anilines is 1. The van der Waals surface area contributed by atoms with E-state index in [0.717, 1.165) is 40.8 Å². The van der Waals surface area contributed by atoms with Gasteiger partial charge in [0.2, 0.25) is 0 Å². The van der Waals surface area contributed by atoms with Crippen LogP contribution in [0.4, 0.5) is 10.1 Å². The molecular weight excluding hydrogens is 497 g/mol. The summed E-state index contributed by atoms with van der Waals surface area (Å²) < 4.78 is 31.0. The number of rotatable bonds is 12. The van der Waals surface area contributed by atoms with Gasteiger partial charge >= 0.3 is 5.97 Å². The third kappa shape index (κ3) is 6.97. The third-order valence-corrected chi connectivity index (χ3v) is 7.67. The van der Waals surface area contributed by atoms with Crippen LogP contribution in [0, 0.1) is 18.7 Å². The number of aryl methyl sites for hydroxylation is 1. The van der Waals surface area contributed by atoms with Crippen LogP contribution in [0.25, 0.3) is 11.1 Å². The average molecular weight is 536 g/mol. The van der Waals surface area contributed by atoms with Crippen molar-refractivity contribution in [2.45, 2.75) is 45.3 Å². The van der Waals surface area contributed by atoms with Crippen molar-refractivity contribution < 1.29 is 28.5 Å². The highest BCUT2D eigenvalue weighted by molar-refractivity contribution is 5.69. The van der Waals surface area contributed by atoms with Gasteiger partial charge in [-0.05, 0) is 72.4 Å². The summed E-state index contributed by atoms with van der Waals surface area (Å²) in [5, 5.41) is 9.55. The number of carboxylic acid groups (broad SMARTS) is 1. The van der Waals surface area contributed by atoms with Gasteiger partial charge in [-0.3, -0.25) is 4.79 Å². The molecule has 1 heterocycles. The van der Waals surface area contributed by atoms with E-state index < -0.39 is 5.97 Å². The molecule has 0 aromatic heterocycles. The lowest BCUT2D eigenvalue weighted by Crippen LogP contribution is -2.34. The molecule has 1 fully saturated rings. The molecule has 1 aliphatic rings. The predicted octanol–water partition coefficient (Wildman–Crippen LogP) is 6.12. The van der Waals surface area contributed by atoms with Crippen molar-refractivity contribution in [3.8, 4) is 16.9 Å². The van der Waals surface area contributed by atoms with Gasteiger partial charge in [0.05, 0.1) is 19.6 Å². The zero-order chi connectivity index (χ0) is 27.9. The fourth-order valence-corrected chi connectivity index (χ4v) is 5.38. The number of halogens is 1. The maximum Gasteiger partial charge on any atom is 0.305 e. The number of carbonyl (C=O) groups is 1. The lowest BCUT2D eigenvalue weighted by molar-refractivity contribution is -0.137. The van der Waals surface area contributed by atoms with Crippen molar-refractivity contribution >= 4 is 11.7 Å². The van der Waals surface area contributed by atoms with Crippen LogP contribution in [-0.4, -0.2) is 57.2 Å². The summed E-state index contributed by atoms with van der Waals surface area (Å²) in [6.07, 6.45) is 1.60. The fourth-order valence-electron chi connectivity index (χ4n) is 5.38. The second-order valence-electron chi connectivity index (χ2n) is 10.3. The van der Waals surface area contributed by atoms with Gasteiger partial charge in [0.25, 0.3) is 0 Å². The minimum Gasteiger partial charge on any atom is -0.497 e. The highest BCUT2D eigenvalue weighted by atomic mass is 19.1. The number of ether oxygens (including phenoxy) is 3. The predicted molar refractivity (Wildman–Crippen MR) is 151 cm³/mol. The molecule has 7 heteroatoms. The van der Waals surface area contributed by atoms with Crippen LogP contribution >= 0.6 is 0 Å². The van der Waals surface area contributed by atoms with E-state index in [0.29, 0.717) is 31.1 Å². The topological polar surface area (TPSA) is 68.2 Å². The third-order valence-electron chi connectivity index (χ3n) is 7.67. The molecule has 3 atom stereocenters. The number of hydrogen-bond donors (Lipinski definition) is 1. The van der Waals surface area contributed by atoms with E-state index in [9.17, 15) is 14.3 Å². The molecule has 0 radical (unpaired) electrons. The summed E-state index contributed by atoms with van der Waals surface area (Å²) in [4.78, 5) is 13.8. The quantitative estimate of drug-likeness (QED) is 0.282. The first-order valence-electron chi connectivity index (χ1n) is 13.4. The molecule has 3 aromatic carbocycles. The monoisotopic (exact) mass is 535 g/mol. The van der Waals surface area contributed by atoms with Gasteiger partial charge in [0.15, 0.2) is 0 Å². The van der Waals surface area contributed by atoms with Gasteiger partial charge < -0.3 is 24.2 Å². The van der Waals surface area contributed by atoms with Crippen molar-refractivity contribution in [2.24, 2.45) is 5.92 Å². The molecule has 1 N–H and O–H groups in total. The van der Waals surface area contributed by atoms with Crippen LogP contribution in [0.3, 0.4) is 0 Å². The Morgan fingerprint density at radius 1 is 1.05 bits per heavy atom. The van der Waals surface area contributed by atoms with Crippen molar-refractivity contribution in [1.29, 1.82) is 0 Å². The molecule has 0 spiro atoms. The Labute approximate surface area is 230 Å². The number of nitrogens with zero attached hydrogens (tertiary/aromatic N) is 1. The summed E-state index contributed by atoms with van der Waals surface area (Å²) in [6, 6.07) is 19.0. The lowest BCUT2D eigenvalue weighted by Gasteiger charge is -2.27. The van der Waals surface area contributed by atoms with E-state index in [1.54, 1.807) is 26.4 Å². The Morgan fingerprint density at radius 2 is 1.82 bits per heavy atom. The van der Waals surface area contributed by atoms with E-state index in [4.69, 9.17) is 14.2 Å². The van der Waals surface area contributed by atoms with E-state index in [1.165, 1.54) is 6.07 Å². The molecule has 4 rings (SSSR count). The summed E-state index contributed by atoms with van der Waals surface area (Å²) in [7, 11) is 3.25. The van der Waals surface area contributed by atoms with Crippen molar-refractivity contribution in [2.75, 3.05) is 38.9 Å². The molecule has 0 unspecified atom stereocenters. The van der Waals surface area contributed by atoms with Gasteiger partial charge in [-0.2, -0.15) is 0 Å². The van der Waals surface area contributed by atoms with E-state index in [-0.39, 0.29) is 30.3 Å². The smallest absolute Gasteiger partial charge is 0.305 e. The molecule has 0 amide bonds. The number of carboxylic acids is 1. The number of aliphatic carboxylic acids is 1. The number of benzene rings is 3. The molecule has 1 aliphatic heterocycles. The van der Waals surface area contributed by atoms with Crippen LogP contribution in [-0.2, 0) is 20.7 Å². The second-order valence-corrected chi connectivity index (χ2v) is 10.3. The van der Waals surface area contributed by atoms with Gasteiger partial charge in [0.1, 0.15) is 11.6 Å². The minimum absolute atomic E-state index is 0.0264. The highest BCUT2D eigenvalue weighted by Crippen LogP contribution is 2.34. The van der Waals surface area contributed by atoms with Crippen LogP contribution in [0.5, 0.6) is 5.75 Å². The normalized spacial score (nSPS) is 18.9. The molecule has 39 heavy (non-hydrogen) atoms. The van der Waals surface area contributed by atoms with Gasteiger partial charge in [-0.15, -0.1) is 0 Å². The summed E-state index contributed by atoms with van der Waals surface area (Å²) in [5.74, 6) is -0.367. The first-order valence-corrected chi connectivity index (χ1v) is 13.4. The van der Waals surface area contributed by atoms with Gasteiger partial charge in [-0.25, -0.2) is 4.39 Å². The van der Waals surface area contributed by atoms with Crippen LogP contribution < -0.4 is 9.64 Å². The van der Waals surface area contributed by atoms with E-state index in [1.807, 2.05) is 25.1 Å². The van der Waals surface area contributed by atoms with Gasteiger partial charge in [0, 0.05) is 50.1 Å². The molecule has 208 valence electrons. The van der Waals surface area contributed by atoms with Gasteiger partial charge in [-0.1, -0.05) is 37.3 Å². The summed E-state index contributed by atoms with van der Waals surface area (Å²) >= 11 is 0. The number of methoxy groups -OCH3 is 2. The standard InChI is InChI=1S/C32H38FNO5/c1-21-16-25(28-18-27(38-4)12-13-29(28)33)9-8-24(21)17-23-6-10-26(11-7-23)34-20-31(39-15-5-14-37-3)22(2)30(34)19-32(35)36/h6-13,16,18,22,30-31H,5,14-15,17,19-20H2,1-4H3,(H,35,36)/t22-,30-,31-/m0/s1. The maximum absolute atomic E-state index is 14.5. The highest BCUT2D eigenvalue weighted by Gasteiger charge is 2.40. The van der Waals surface area contributed by atoms with Crippen LogP contribution in [0.2, 0.25) is 0 Å². The number of hydrogen-bond acceptors (Lipinski definition) is 5. The van der Waals surface area contributed by atoms with E-state index in [2.05, 4.69) is 36.1 Å². The Hall–Kier alpha value is -3.42. The zero-order valence-corrected chi connectivity index (χ0v) is 23.2. The first kappa shape index (κ1) is 28.6. The molecule has 0 saturated carbocycles. The largest absolute Gasteiger partial charge is 0.497 e. The zero-order valence-electron chi connectivity index (χ0n) is 23.2. The SMILES string of the molecule is COCCCO[C@H]1CN(c2ccc(Cc3ccc(-c4cc(OC)ccc4F)cc3C)cc2)[C@@H](CC(=O)O)[C@@H]1C. The van der Waals surface area contributed by atoms with E-state index >= 15 is 0 Å². The van der Waals surface area contributed by atoms with Crippen LogP contribution in [0.15, 0.2) is 60.7 Å². The summed E-state index contributed by atoms with van der Waals surface area (Å²) in [5.41, 5.74) is 5.73. The maximum atomic E-state index is 14.5. The Balaban J connectivity index is 1.47. The Bertz CT molecular complexity index is 1260. The molecule has 1 saturated heterocycles. The second kappa shape index (κ2) is 13.1. The lowest BCUT2D eigenvalue weighted by atomic mass is 9.95. The molecule has 3 aromatic rings. The molecular formula is C32H38FNO5. The Morgan fingerprint density at radius 3 is 2.49 bits per heavy atom. The Kier molecular flexibility index (Phi) is 9.59. The average Bonchev–Trinajstić information content (AvgIpc) is 3.22. The molecule has 6 nitrogen and oxygen atoms in total. The molecule has 0 bridgehead atoms. The summed E-state index contributed by atoms with van der Waals surface area (Å²) in [6.45, 7) is 6.02. The fraction of sp³-hybridized carbons (Fsp3) is 0.406. The minimum atomic E-state index is -0.804. The molecule has 0 aliphatic carbocycles. The first-order chi connectivity index (χ1) is 18.8. The van der Waals surface area contributed by atoms with Crippen molar-refractivity contribution in [3.05, 3.63) is 83.2 Å².